The normalized spacial score (nSPS) is 14.2. The largest absolute Gasteiger partial charge is 0.285 e. The van der Waals surface area contributed by atoms with Crippen LogP contribution in [0, 0.1) is 0 Å². The Bertz CT molecular complexity index is 571. The molecule has 0 N–H and O–H groups in total. The second-order valence-electron chi connectivity index (χ2n) is 3.39. The summed E-state index contributed by atoms with van der Waals surface area (Å²) in [6.07, 6.45) is 0. The third kappa shape index (κ3) is 1.44. The van der Waals surface area contributed by atoms with Gasteiger partial charge in [-0.3, -0.25) is 9.59 Å². The van der Waals surface area contributed by atoms with Crippen molar-refractivity contribution in [2.75, 3.05) is 0 Å². The lowest BCUT2D eigenvalue weighted by Gasteiger charge is -2.08. The number of ketones is 2. The third-order valence-electron chi connectivity index (χ3n) is 2.45. The number of allylic oxidation sites excluding steroid dienone is 1. The molecule has 2 rings (SSSR count). The first kappa shape index (κ1) is 11.5. The minimum absolute atomic E-state index is 0.233. The molecule has 1 aromatic carbocycles. The number of carbonyl (C=O) groups excluding carboxylic acids is 2. The molecule has 16 heavy (non-hydrogen) atoms. The number of halogens is 2. The second-order valence-corrected chi connectivity index (χ2v) is 5.20. The highest BCUT2D eigenvalue weighted by molar-refractivity contribution is 9.15. The molecule has 0 amide bonds. The van der Waals surface area contributed by atoms with E-state index in [1.54, 1.807) is 12.1 Å². The molecule has 0 aliphatic heterocycles. The minimum atomic E-state index is -0.539. The number of fused-ring (bicyclic) bond motifs is 1. The maximum atomic E-state index is 11.6. The molecule has 1 aliphatic carbocycles. The Labute approximate surface area is 109 Å². The summed E-state index contributed by atoms with van der Waals surface area (Å²) in [5.74, 6) is -1.04. The van der Waals surface area contributed by atoms with Crippen molar-refractivity contribution in [1.82, 2.24) is 0 Å². The van der Waals surface area contributed by atoms with Crippen LogP contribution in [0.2, 0.25) is 0 Å². The van der Waals surface area contributed by atoms with E-state index in [0.717, 1.165) is 4.47 Å². The van der Waals surface area contributed by atoms with Gasteiger partial charge in [0.1, 0.15) is 0 Å². The molecule has 0 aromatic heterocycles. The predicted molar refractivity (Wildman–Crippen MR) is 70.5 cm³/mol. The van der Waals surface area contributed by atoms with Gasteiger partial charge in [-0.1, -0.05) is 45.0 Å². The monoisotopic (exact) mass is 340 g/mol. The van der Waals surface area contributed by atoms with E-state index in [2.05, 4.69) is 45.0 Å². The van der Waals surface area contributed by atoms with E-state index in [0.29, 0.717) is 21.2 Å². The molecule has 0 heterocycles. The van der Waals surface area contributed by atoms with Gasteiger partial charge >= 0.3 is 0 Å². The van der Waals surface area contributed by atoms with Crippen molar-refractivity contribution < 1.29 is 9.59 Å². The van der Waals surface area contributed by atoms with Gasteiger partial charge in [-0.2, -0.15) is 0 Å². The van der Waals surface area contributed by atoms with E-state index < -0.39 is 11.6 Å². The first-order valence-electron chi connectivity index (χ1n) is 4.40. The van der Waals surface area contributed by atoms with Crippen molar-refractivity contribution in [2.45, 2.75) is 0 Å². The average molecular weight is 342 g/mol. The maximum Gasteiger partial charge on any atom is 0.234 e. The molecule has 0 radical (unpaired) electrons. The molecular formula is C12H6Br2O2. The van der Waals surface area contributed by atoms with Gasteiger partial charge < -0.3 is 0 Å². The van der Waals surface area contributed by atoms with E-state index >= 15 is 0 Å². The van der Waals surface area contributed by atoms with Gasteiger partial charge in [-0.25, -0.2) is 0 Å². The van der Waals surface area contributed by atoms with E-state index in [1.165, 1.54) is 0 Å². The molecule has 0 bridgehead atoms. The molecule has 0 atom stereocenters. The fraction of sp³-hybridized carbons (Fsp3) is 0. The van der Waals surface area contributed by atoms with Crippen molar-refractivity contribution in [3.63, 3.8) is 0 Å². The van der Waals surface area contributed by atoms with Gasteiger partial charge in [-0.15, -0.1) is 0 Å². The van der Waals surface area contributed by atoms with E-state index in [4.69, 9.17) is 0 Å². The quantitative estimate of drug-likeness (QED) is 0.577. The Morgan fingerprint density at radius 3 is 2.38 bits per heavy atom. The number of Topliss-reactive ketones (excluding diaryl/α,β-unsaturated/α-hetero) is 2. The Kier molecular flexibility index (Phi) is 2.72. The van der Waals surface area contributed by atoms with Gasteiger partial charge in [0.25, 0.3) is 0 Å². The SMILES string of the molecule is C=C(Br)c1c(Br)ccc2c1C(=C)C(=O)C2=O. The highest BCUT2D eigenvalue weighted by atomic mass is 79.9. The maximum absolute atomic E-state index is 11.6. The van der Waals surface area contributed by atoms with Crippen LogP contribution in [-0.4, -0.2) is 11.6 Å². The molecule has 0 fully saturated rings. The Morgan fingerprint density at radius 1 is 1.19 bits per heavy atom. The van der Waals surface area contributed by atoms with Crippen molar-refractivity contribution >= 4 is 53.5 Å². The van der Waals surface area contributed by atoms with Crippen molar-refractivity contribution in [3.8, 4) is 0 Å². The summed E-state index contributed by atoms with van der Waals surface area (Å²) in [5, 5.41) is 0. The number of carbonyl (C=O) groups is 2. The Morgan fingerprint density at radius 2 is 1.81 bits per heavy atom. The molecule has 0 saturated heterocycles. The third-order valence-corrected chi connectivity index (χ3v) is 3.51. The predicted octanol–water partition coefficient (Wildman–Crippen LogP) is 3.59. The summed E-state index contributed by atoms with van der Waals surface area (Å²) in [4.78, 5) is 23.2. The van der Waals surface area contributed by atoms with Crippen LogP contribution < -0.4 is 0 Å². The van der Waals surface area contributed by atoms with Crippen LogP contribution in [0.4, 0.5) is 0 Å². The van der Waals surface area contributed by atoms with Crippen LogP contribution in [0.15, 0.2) is 29.8 Å². The molecule has 0 spiro atoms. The molecular weight excluding hydrogens is 336 g/mol. The zero-order chi connectivity index (χ0) is 12.0. The topological polar surface area (TPSA) is 34.1 Å². The highest BCUT2D eigenvalue weighted by Crippen LogP contribution is 2.39. The van der Waals surface area contributed by atoms with Crippen LogP contribution in [0.25, 0.3) is 10.1 Å². The van der Waals surface area contributed by atoms with E-state index in [1.807, 2.05) is 0 Å². The molecule has 4 heteroatoms. The lowest BCUT2D eigenvalue weighted by Crippen LogP contribution is -2.04. The fourth-order valence-corrected chi connectivity index (χ4v) is 2.97. The van der Waals surface area contributed by atoms with Crippen LogP contribution in [0.3, 0.4) is 0 Å². The molecule has 2 nitrogen and oxygen atoms in total. The van der Waals surface area contributed by atoms with Gasteiger partial charge in [0.2, 0.25) is 11.6 Å². The molecule has 0 unspecified atom stereocenters. The second kappa shape index (κ2) is 3.79. The van der Waals surface area contributed by atoms with Crippen molar-refractivity contribution in [2.24, 2.45) is 0 Å². The van der Waals surface area contributed by atoms with Gasteiger partial charge in [-0.05, 0) is 12.1 Å². The van der Waals surface area contributed by atoms with E-state index in [9.17, 15) is 9.59 Å². The van der Waals surface area contributed by atoms with Crippen molar-refractivity contribution in [3.05, 3.63) is 46.5 Å². The number of benzene rings is 1. The molecule has 80 valence electrons. The summed E-state index contributed by atoms with van der Waals surface area (Å²) in [6, 6.07) is 3.35. The molecule has 1 aliphatic rings. The van der Waals surface area contributed by atoms with Crippen LogP contribution >= 0.6 is 31.9 Å². The minimum Gasteiger partial charge on any atom is -0.285 e. The average Bonchev–Trinajstić information content (AvgIpc) is 2.43. The zero-order valence-corrected chi connectivity index (χ0v) is 11.3. The van der Waals surface area contributed by atoms with Crippen molar-refractivity contribution in [1.29, 1.82) is 0 Å². The Hall–Kier alpha value is -1.00. The first-order chi connectivity index (χ1) is 7.45. The summed E-state index contributed by atoms with van der Waals surface area (Å²) in [5.41, 5.74) is 1.92. The summed E-state index contributed by atoms with van der Waals surface area (Å²) >= 11 is 6.63. The number of hydrogen-bond donors (Lipinski definition) is 0. The van der Waals surface area contributed by atoms with Crippen LogP contribution in [0.1, 0.15) is 21.5 Å². The number of hydrogen-bond acceptors (Lipinski definition) is 2. The van der Waals surface area contributed by atoms with Crippen LogP contribution in [-0.2, 0) is 4.79 Å². The Balaban J connectivity index is 2.87. The van der Waals surface area contributed by atoms with E-state index in [-0.39, 0.29) is 5.57 Å². The summed E-state index contributed by atoms with van der Waals surface area (Å²) in [6.45, 7) is 7.43. The first-order valence-corrected chi connectivity index (χ1v) is 5.99. The smallest absolute Gasteiger partial charge is 0.234 e. The van der Waals surface area contributed by atoms with Gasteiger partial charge in [0, 0.05) is 31.2 Å². The summed E-state index contributed by atoms with van der Waals surface area (Å²) < 4.78 is 1.39. The lowest BCUT2D eigenvalue weighted by atomic mass is 10.0. The van der Waals surface area contributed by atoms with Gasteiger partial charge in [0.15, 0.2) is 0 Å². The molecule has 0 saturated carbocycles. The fourth-order valence-electron chi connectivity index (χ4n) is 1.72. The molecule has 1 aromatic rings. The lowest BCUT2D eigenvalue weighted by molar-refractivity contribution is -0.109. The van der Waals surface area contributed by atoms with Crippen LogP contribution in [0.5, 0.6) is 0 Å². The highest BCUT2D eigenvalue weighted by Gasteiger charge is 2.34. The van der Waals surface area contributed by atoms with Gasteiger partial charge in [0.05, 0.1) is 0 Å². The zero-order valence-electron chi connectivity index (χ0n) is 8.14. The standard InChI is InChI=1S/C12H6Br2O2/c1-5-9-7(12(16)11(5)15)3-4-8(14)10(9)6(2)13/h3-4H,1-2H2. The summed E-state index contributed by atoms with van der Waals surface area (Å²) in [7, 11) is 0. The number of rotatable bonds is 1.